The monoisotopic (exact) mass is 344 g/mol. The van der Waals surface area contributed by atoms with Crippen LogP contribution in [0.1, 0.15) is 36.0 Å². The van der Waals surface area contributed by atoms with Gasteiger partial charge in [0.1, 0.15) is 0 Å². The maximum Gasteiger partial charge on any atom is 0.251 e. The first kappa shape index (κ1) is 14.8. The number of benzene rings is 1. The van der Waals surface area contributed by atoms with Crippen molar-refractivity contribution in [1.82, 2.24) is 5.32 Å². The molecule has 1 aromatic rings. The van der Waals surface area contributed by atoms with E-state index in [1.807, 2.05) is 0 Å². The highest BCUT2D eigenvalue weighted by Crippen LogP contribution is 2.24. The van der Waals surface area contributed by atoms with Crippen LogP contribution >= 0.6 is 27.5 Å². The summed E-state index contributed by atoms with van der Waals surface area (Å²) in [5, 5.41) is 3.65. The van der Waals surface area contributed by atoms with Crippen LogP contribution in [0.15, 0.2) is 22.7 Å². The lowest BCUT2D eigenvalue weighted by molar-refractivity contribution is 0.0908. The minimum Gasteiger partial charge on any atom is -0.349 e. The standard InChI is InChI=1S/C14H18BrClN2O/c15-11-5-10(6-12(16)7-11)14(19)18-13-4-2-1-3-9(13)8-17/h5-7,9,13H,1-4,8,17H2,(H,18,19). The van der Waals surface area contributed by atoms with Crippen molar-refractivity contribution in [1.29, 1.82) is 0 Å². The fourth-order valence-electron chi connectivity index (χ4n) is 2.62. The lowest BCUT2D eigenvalue weighted by Gasteiger charge is -2.31. The Kier molecular flexibility index (Phi) is 5.25. The largest absolute Gasteiger partial charge is 0.349 e. The predicted molar refractivity (Wildman–Crippen MR) is 81.4 cm³/mol. The maximum atomic E-state index is 12.2. The Labute approximate surface area is 127 Å². The minimum atomic E-state index is -0.0754. The molecule has 1 saturated carbocycles. The molecule has 104 valence electrons. The molecule has 0 radical (unpaired) electrons. The maximum absolute atomic E-state index is 12.2. The van der Waals surface area contributed by atoms with Crippen LogP contribution in [0.5, 0.6) is 0 Å². The topological polar surface area (TPSA) is 55.1 Å². The number of rotatable bonds is 3. The van der Waals surface area contributed by atoms with Crippen LogP contribution in [0, 0.1) is 5.92 Å². The molecule has 5 heteroatoms. The fraction of sp³-hybridized carbons (Fsp3) is 0.500. The zero-order chi connectivity index (χ0) is 13.8. The van der Waals surface area contributed by atoms with Gasteiger partial charge < -0.3 is 11.1 Å². The third kappa shape index (κ3) is 3.94. The van der Waals surface area contributed by atoms with Crippen molar-refractivity contribution in [3.63, 3.8) is 0 Å². The van der Waals surface area contributed by atoms with Gasteiger partial charge in [-0.15, -0.1) is 0 Å². The molecule has 0 aliphatic heterocycles. The Balaban J connectivity index is 2.07. The Hall–Kier alpha value is -0.580. The van der Waals surface area contributed by atoms with Gasteiger partial charge >= 0.3 is 0 Å². The molecule has 2 atom stereocenters. The van der Waals surface area contributed by atoms with Crippen LogP contribution < -0.4 is 11.1 Å². The van der Waals surface area contributed by atoms with E-state index in [9.17, 15) is 4.79 Å². The number of carbonyl (C=O) groups is 1. The summed E-state index contributed by atoms with van der Waals surface area (Å²) in [5.41, 5.74) is 6.36. The number of nitrogens with one attached hydrogen (secondary N) is 1. The summed E-state index contributed by atoms with van der Waals surface area (Å²) in [5.74, 6) is 0.314. The molecule has 1 aliphatic carbocycles. The van der Waals surface area contributed by atoms with E-state index >= 15 is 0 Å². The van der Waals surface area contributed by atoms with Crippen LogP contribution in [0.3, 0.4) is 0 Å². The van der Waals surface area contributed by atoms with Gasteiger partial charge in [-0.05, 0) is 43.5 Å². The molecule has 0 heterocycles. The first-order valence-corrected chi connectivity index (χ1v) is 7.74. The van der Waals surface area contributed by atoms with Gasteiger partial charge in [-0.3, -0.25) is 4.79 Å². The van der Waals surface area contributed by atoms with Crippen molar-refractivity contribution in [2.75, 3.05) is 6.54 Å². The van der Waals surface area contributed by atoms with E-state index in [0.717, 1.165) is 23.7 Å². The fourth-order valence-corrected chi connectivity index (χ4v) is 3.48. The Morgan fingerprint density at radius 2 is 2.11 bits per heavy atom. The molecule has 1 fully saturated rings. The average molecular weight is 346 g/mol. The van der Waals surface area contributed by atoms with Gasteiger partial charge in [-0.1, -0.05) is 40.4 Å². The molecule has 1 aromatic carbocycles. The molecule has 0 aromatic heterocycles. The van der Waals surface area contributed by atoms with Gasteiger partial charge in [0.05, 0.1) is 0 Å². The third-order valence-electron chi connectivity index (χ3n) is 3.65. The summed E-state index contributed by atoms with van der Waals surface area (Å²) in [6, 6.07) is 5.41. The second kappa shape index (κ2) is 6.73. The van der Waals surface area contributed by atoms with Crippen LogP contribution in [0.25, 0.3) is 0 Å². The minimum absolute atomic E-state index is 0.0754. The normalized spacial score (nSPS) is 23.1. The number of halogens is 2. The van der Waals surface area contributed by atoms with E-state index in [1.54, 1.807) is 18.2 Å². The average Bonchev–Trinajstić information content (AvgIpc) is 2.38. The van der Waals surface area contributed by atoms with Crippen LogP contribution in [-0.2, 0) is 0 Å². The summed E-state index contributed by atoms with van der Waals surface area (Å²) in [6.07, 6.45) is 4.47. The molecule has 19 heavy (non-hydrogen) atoms. The first-order chi connectivity index (χ1) is 9.10. The van der Waals surface area contributed by atoms with Gasteiger partial charge in [0, 0.05) is 21.1 Å². The van der Waals surface area contributed by atoms with E-state index in [2.05, 4.69) is 21.2 Å². The number of carbonyl (C=O) groups excluding carboxylic acids is 1. The molecule has 3 N–H and O–H groups in total. The highest BCUT2D eigenvalue weighted by molar-refractivity contribution is 9.10. The van der Waals surface area contributed by atoms with Gasteiger partial charge in [0.15, 0.2) is 0 Å². The number of amides is 1. The molecule has 0 saturated heterocycles. The molecule has 0 bridgehead atoms. The molecule has 0 spiro atoms. The summed E-state index contributed by atoms with van der Waals surface area (Å²) in [6.45, 7) is 0.629. The summed E-state index contributed by atoms with van der Waals surface area (Å²) >= 11 is 9.31. The lowest BCUT2D eigenvalue weighted by atomic mass is 9.84. The third-order valence-corrected chi connectivity index (χ3v) is 4.33. The van der Waals surface area contributed by atoms with Crippen LogP contribution in [-0.4, -0.2) is 18.5 Å². The number of nitrogens with two attached hydrogens (primary N) is 1. The SMILES string of the molecule is NCC1CCCCC1NC(=O)c1cc(Cl)cc(Br)c1. The van der Waals surface area contributed by atoms with Gasteiger partial charge in [0.25, 0.3) is 5.91 Å². The Bertz CT molecular complexity index is 447. The predicted octanol–water partition coefficient (Wildman–Crippen LogP) is 3.35. The zero-order valence-electron chi connectivity index (χ0n) is 10.7. The summed E-state index contributed by atoms with van der Waals surface area (Å²) < 4.78 is 0.809. The molecule has 1 aliphatic rings. The van der Waals surface area contributed by atoms with E-state index in [1.165, 1.54) is 6.42 Å². The molecular weight excluding hydrogens is 328 g/mol. The van der Waals surface area contributed by atoms with Crippen molar-refractivity contribution >= 4 is 33.4 Å². The van der Waals surface area contributed by atoms with Crippen LogP contribution in [0.2, 0.25) is 5.02 Å². The van der Waals surface area contributed by atoms with Gasteiger partial charge in [0.2, 0.25) is 0 Å². The van der Waals surface area contributed by atoms with Gasteiger partial charge in [-0.2, -0.15) is 0 Å². The second-order valence-corrected chi connectivity index (χ2v) is 6.37. The lowest BCUT2D eigenvalue weighted by Crippen LogP contribution is -2.44. The van der Waals surface area contributed by atoms with E-state index in [0.29, 0.717) is 23.0 Å². The molecule has 2 unspecified atom stereocenters. The number of hydrogen-bond acceptors (Lipinski definition) is 2. The molecule has 2 rings (SSSR count). The Morgan fingerprint density at radius 3 is 2.79 bits per heavy atom. The summed E-state index contributed by atoms with van der Waals surface area (Å²) in [4.78, 5) is 12.2. The van der Waals surface area contributed by atoms with Gasteiger partial charge in [-0.25, -0.2) is 0 Å². The molecular formula is C14H18BrClN2O. The first-order valence-electron chi connectivity index (χ1n) is 6.57. The molecule has 3 nitrogen and oxygen atoms in total. The van der Waals surface area contributed by atoms with Crippen LogP contribution in [0.4, 0.5) is 0 Å². The van der Waals surface area contributed by atoms with E-state index < -0.39 is 0 Å². The smallest absolute Gasteiger partial charge is 0.251 e. The Morgan fingerprint density at radius 1 is 1.37 bits per heavy atom. The van der Waals surface area contributed by atoms with Crippen molar-refractivity contribution in [3.05, 3.63) is 33.3 Å². The highest BCUT2D eigenvalue weighted by Gasteiger charge is 2.25. The second-order valence-electron chi connectivity index (χ2n) is 5.02. The zero-order valence-corrected chi connectivity index (χ0v) is 13.0. The van der Waals surface area contributed by atoms with Crippen molar-refractivity contribution in [2.24, 2.45) is 11.7 Å². The summed E-state index contributed by atoms with van der Waals surface area (Å²) in [7, 11) is 0. The molecule has 1 amide bonds. The van der Waals surface area contributed by atoms with Crippen molar-refractivity contribution in [2.45, 2.75) is 31.7 Å². The number of hydrogen-bond donors (Lipinski definition) is 2. The van der Waals surface area contributed by atoms with Crippen molar-refractivity contribution in [3.8, 4) is 0 Å². The van der Waals surface area contributed by atoms with E-state index in [-0.39, 0.29) is 11.9 Å². The van der Waals surface area contributed by atoms with Crippen molar-refractivity contribution < 1.29 is 4.79 Å². The quantitative estimate of drug-likeness (QED) is 0.882. The van der Waals surface area contributed by atoms with E-state index in [4.69, 9.17) is 17.3 Å². The highest BCUT2D eigenvalue weighted by atomic mass is 79.9.